The molecule has 6 nitrogen and oxygen atoms in total. The molecule has 0 atom stereocenters. The summed E-state index contributed by atoms with van der Waals surface area (Å²) in [6.45, 7) is 1.30. The van der Waals surface area contributed by atoms with Gasteiger partial charge in [0.1, 0.15) is 28.9 Å². The molecule has 0 saturated heterocycles. The monoisotopic (exact) mass is 527 g/mol. The van der Waals surface area contributed by atoms with Gasteiger partial charge < -0.3 is 18.8 Å². The zero-order valence-corrected chi connectivity index (χ0v) is 22.5. The van der Waals surface area contributed by atoms with E-state index in [4.69, 9.17) is 18.9 Å². The molecule has 0 fully saturated rings. The Balaban J connectivity index is 1.57. The van der Waals surface area contributed by atoms with E-state index < -0.39 is 0 Å². The van der Waals surface area contributed by atoms with E-state index >= 15 is 0 Å². The van der Waals surface area contributed by atoms with E-state index in [1.165, 1.54) is 0 Å². The molecule has 0 N–H and O–H groups in total. The fraction of sp³-hybridized carbons (Fsp3) is 0.118. The van der Waals surface area contributed by atoms with Crippen LogP contribution < -0.4 is 9.47 Å². The lowest BCUT2D eigenvalue weighted by Crippen LogP contribution is -2.20. The number of aliphatic imine (C=N–C) groups is 1. The number of rotatable bonds is 10. The van der Waals surface area contributed by atoms with E-state index in [9.17, 15) is 5.26 Å². The van der Waals surface area contributed by atoms with Crippen LogP contribution in [0, 0.1) is 11.3 Å². The molecule has 0 radical (unpaired) electrons. The van der Waals surface area contributed by atoms with E-state index in [-0.39, 0.29) is 5.88 Å². The van der Waals surface area contributed by atoms with Crippen LogP contribution in [0.4, 0.5) is 5.88 Å². The van der Waals surface area contributed by atoms with Gasteiger partial charge in [-0.1, -0.05) is 72.8 Å². The van der Waals surface area contributed by atoms with Crippen LogP contribution in [0.2, 0.25) is 0 Å². The van der Waals surface area contributed by atoms with Gasteiger partial charge in [-0.15, -0.1) is 0 Å². The zero-order valence-electron chi connectivity index (χ0n) is 22.5. The lowest BCUT2D eigenvalue weighted by atomic mass is 9.98. The molecule has 5 rings (SSSR count). The van der Waals surface area contributed by atoms with Gasteiger partial charge in [-0.05, 0) is 53.1 Å². The van der Waals surface area contributed by atoms with Crippen molar-refractivity contribution in [3.8, 4) is 40.0 Å². The second-order valence-electron chi connectivity index (χ2n) is 9.18. The topological polar surface area (TPSA) is 71.0 Å². The molecule has 0 aliphatic heterocycles. The SMILES string of the molecule is COc1ccc(-c2oc(N=CN(Cc3ccccc3)Cc3ccccc3)c(C#N)c2-c2ccc(OC)cc2)cc1. The summed E-state index contributed by atoms with van der Waals surface area (Å²) >= 11 is 0. The van der Waals surface area contributed by atoms with Gasteiger partial charge in [0.2, 0.25) is 5.88 Å². The van der Waals surface area contributed by atoms with Crippen molar-refractivity contribution in [3.63, 3.8) is 0 Å². The molecule has 0 bridgehead atoms. The van der Waals surface area contributed by atoms with Crippen LogP contribution in [0.5, 0.6) is 11.5 Å². The summed E-state index contributed by atoms with van der Waals surface area (Å²) in [7, 11) is 3.25. The van der Waals surface area contributed by atoms with E-state index in [1.807, 2.05) is 84.9 Å². The predicted octanol–water partition coefficient (Wildman–Crippen LogP) is 7.86. The van der Waals surface area contributed by atoms with Crippen molar-refractivity contribution in [1.82, 2.24) is 4.90 Å². The molecule has 0 spiro atoms. The highest BCUT2D eigenvalue weighted by Gasteiger charge is 2.23. The minimum atomic E-state index is 0.255. The Morgan fingerprint density at radius 2 is 1.23 bits per heavy atom. The lowest BCUT2D eigenvalue weighted by molar-refractivity contribution is 0.414. The first-order chi connectivity index (χ1) is 19.7. The minimum Gasteiger partial charge on any atom is -0.497 e. The van der Waals surface area contributed by atoms with Gasteiger partial charge in [0.25, 0.3) is 0 Å². The van der Waals surface area contributed by atoms with Gasteiger partial charge in [0, 0.05) is 24.2 Å². The average molecular weight is 528 g/mol. The number of hydrogen-bond acceptors (Lipinski definition) is 5. The maximum Gasteiger partial charge on any atom is 0.239 e. The molecular formula is C34H29N3O3. The Labute approximate surface area is 234 Å². The second kappa shape index (κ2) is 12.5. The highest BCUT2D eigenvalue weighted by atomic mass is 16.5. The quantitative estimate of drug-likeness (QED) is 0.137. The maximum absolute atomic E-state index is 10.3. The van der Waals surface area contributed by atoms with Crippen LogP contribution in [-0.2, 0) is 13.1 Å². The Bertz CT molecular complexity index is 1560. The fourth-order valence-corrected chi connectivity index (χ4v) is 4.50. The van der Waals surface area contributed by atoms with Crippen molar-refractivity contribution in [2.75, 3.05) is 14.2 Å². The first-order valence-electron chi connectivity index (χ1n) is 12.9. The van der Waals surface area contributed by atoms with Gasteiger partial charge in [0.05, 0.1) is 20.6 Å². The molecule has 1 aromatic heterocycles. The summed E-state index contributed by atoms with van der Waals surface area (Å²) < 4.78 is 17.0. The van der Waals surface area contributed by atoms with Gasteiger partial charge >= 0.3 is 0 Å². The third-order valence-corrected chi connectivity index (χ3v) is 6.53. The van der Waals surface area contributed by atoms with Crippen LogP contribution in [-0.4, -0.2) is 25.5 Å². The zero-order chi connectivity index (χ0) is 27.7. The number of hydrogen-bond donors (Lipinski definition) is 0. The molecular weight excluding hydrogens is 498 g/mol. The van der Waals surface area contributed by atoms with Crippen LogP contribution in [0.25, 0.3) is 22.5 Å². The summed E-state index contributed by atoms with van der Waals surface area (Å²) in [6, 6.07) is 37.9. The number of furan rings is 1. The first kappa shape index (κ1) is 26.3. The Morgan fingerprint density at radius 3 is 1.70 bits per heavy atom. The molecule has 0 unspecified atom stereocenters. The number of methoxy groups -OCH3 is 2. The Hall–Kier alpha value is -5.28. The van der Waals surface area contributed by atoms with E-state index in [0.29, 0.717) is 30.0 Å². The van der Waals surface area contributed by atoms with Crippen molar-refractivity contribution in [2.24, 2.45) is 4.99 Å². The number of ether oxygens (including phenoxy) is 2. The summed E-state index contributed by atoms with van der Waals surface area (Å²) in [5, 5.41) is 10.3. The first-order valence-corrected chi connectivity index (χ1v) is 12.9. The fourth-order valence-electron chi connectivity index (χ4n) is 4.50. The summed E-state index contributed by atoms with van der Waals surface area (Å²) in [5.41, 5.74) is 5.01. The number of nitrogens with zero attached hydrogens (tertiary/aromatic N) is 3. The van der Waals surface area contributed by atoms with Gasteiger partial charge in [-0.25, -0.2) is 4.99 Å². The van der Waals surface area contributed by atoms with Crippen LogP contribution in [0.3, 0.4) is 0 Å². The molecule has 0 aliphatic rings. The van der Waals surface area contributed by atoms with E-state index in [0.717, 1.165) is 33.8 Å². The van der Waals surface area contributed by atoms with Gasteiger partial charge in [0.15, 0.2) is 0 Å². The lowest BCUT2D eigenvalue weighted by Gasteiger charge is -2.19. The highest BCUT2D eigenvalue weighted by molar-refractivity contribution is 5.88. The number of benzene rings is 4. The molecule has 1 heterocycles. The Morgan fingerprint density at radius 1 is 0.725 bits per heavy atom. The van der Waals surface area contributed by atoms with Crippen LogP contribution in [0.15, 0.2) is 119 Å². The molecule has 5 aromatic rings. The minimum absolute atomic E-state index is 0.255. The smallest absolute Gasteiger partial charge is 0.239 e. The van der Waals surface area contributed by atoms with Crippen LogP contribution in [0.1, 0.15) is 16.7 Å². The van der Waals surface area contributed by atoms with Gasteiger partial charge in [-0.3, -0.25) is 0 Å². The average Bonchev–Trinajstić information content (AvgIpc) is 3.39. The normalized spacial score (nSPS) is 10.8. The summed E-state index contributed by atoms with van der Waals surface area (Å²) in [5.74, 6) is 2.28. The van der Waals surface area contributed by atoms with Crippen molar-refractivity contribution < 1.29 is 13.9 Å². The molecule has 6 heteroatoms. The van der Waals surface area contributed by atoms with Crippen molar-refractivity contribution in [2.45, 2.75) is 13.1 Å². The van der Waals surface area contributed by atoms with Gasteiger partial charge in [-0.2, -0.15) is 5.26 Å². The molecule has 198 valence electrons. The second-order valence-corrected chi connectivity index (χ2v) is 9.18. The maximum atomic E-state index is 10.3. The van der Waals surface area contributed by atoms with E-state index in [1.54, 1.807) is 20.6 Å². The highest BCUT2D eigenvalue weighted by Crippen LogP contribution is 2.43. The molecule has 4 aromatic carbocycles. The predicted molar refractivity (Wildman–Crippen MR) is 158 cm³/mol. The molecule has 40 heavy (non-hydrogen) atoms. The van der Waals surface area contributed by atoms with Crippen molar-refractivity contribution >= 4 is 12.2 Å². The van der Waals surface area contributed by atoms with Crippen LogP contribution >= 0.6 is 0 Å². The standard InChI is InChI=1S/C34H29N3O3/c1-38-29-17-13-27(14-18-29)32-31(21-35)34(40-33(32)28-15-19-30(39-2)20-16-28)36-24-37(22-25-9-5-3-6-10-25)23-26-11-7-4-8-12-26/h3-20,24H,22-23H2,1-2H3. The third-order valence-electron chi connectivity index (χ3n) is 6.53. The summed E-state index contributed by atoms with van der Waals surface area (Å²) in [6.07, 6.45) is 1.76. The van der Waals surface area contributed by atoms with Crippen molar-refractivity contribution in [1.29, 1.82) is 5.26 Å². The molecule has 0 amide bonds. The molecule has 0 aliphatic carbocycles. The van der Waals surface area contributed by atoms with Crippen molar-refractivity contribution in [3.05, 3.63) is 126 Å². The Kier molecular flexibility index (Phi) is 8.24. The third kappa shape index (κ3) is 6.06. The molecule has 0 saturated carbocycles. The largest absolute Gasteiger partial charge is 0.497 e. The summed E-state index contributed by atoms with van der Waals surface area (Å²) in [4.78, 5) is 6.84. The van der Waals surface area contributed by atoms with E-state index in [2.05, 4.69) is 35.2 Å². The number of nitriles is 1.